The van der Waals surface area contributed by atoms with E-state index in [2.05, 4.69) is 15.4 Å². The van der Waals surface area contributed by atoms with Gasteiger partial charge in [0.05, 0.1) is 33.2 Å². The number of halogens is 1. The molecule has 0 atom stereocenters. The maximum Gasteiger partial charge on any atom is 0.203 e. The topological polar surface area (TPSA) is 69.9 Å². The lowest BCUT2D eigenvalue weighted by atomic mass is 10.1. The second-order valence-electron chi connectivity index (χ2n) is 6.50. The second kappa shape index (κ2) is 8.28. The monoisotopic (exact) mass is 408 g/mol. The standard InChI is InChI=1S/C22H21FN4O3/c1-28-18-10-14(11-19(29-2)22(18)30-3)12-24-20-8-9-21-25-13-17(27(21)26-20)15-6-4-5-7-16(15)23/h4-11,13H,12H2,1-3H3,(H,24,26). The van der Waals surface area contributed by atoms with Gasteiger partial charge in [-0.3, -0.25) is 0 Å². The van der Waals surface area contributed by atoms with E-state index in [0.717, 1.165) is 5.56 Å². The molecule has 0 unspecified atom stereocenters. The highest BCUT2D eigenvalue weighted by Gasteiger charge is 2.14. The van der Waals surface area contributed by atoms with Crippen LogP contribution in [0.25, 0.3) is 16.9 Å². The lowest BCUT2D eigenvalue weighted by Crippen LogP contribution is -2.06. The summed E-state index contributed by atoms with van der Waals surface area (Å²) in [4.78, 5) is 4.32. The summed E-state index contributed by atoms with van der Waals surface area (Å²) in [5.74, 6) is 1.99. The van der Waals surface area contributed by atoms with Gasteiger partial charge in [0.2, 0.25) is 5.75 Å². The first kappa shape index (κ1) is 19.5. The Labute approximate surface area is 173 Å². The van der Waals surface area contributed by atoms with Crippen LogP contribution in [0, 0.1) is 5.82 Å². The van der Waals surface area contributed by atoms with Crippen molar-refractivity contribution in [1.29, 1.82) is 0 Å². The van der Waals surface area contributed by atoms with Crippen molar-refractivity contribution in [2.24, 2.45) is 0 Å². The summed E-state index contributed by atoms with van der Waals surface area (Å²) >= 11 is 0. The van der Waals surface area contributed by atoms with Crippen LogP contribution >= 0.6 is 0 Å². The van der Waals surface area contributed by atoms with Crippen LogP contribution in [-0.2, 0) is 6.54 Å². The van der Waals surface area contributed by atoms with E-state index in [1.54, 1.807) is 50.2 Å². The fourth-order valence-electron chi connectivity index (χ4n) is 3.25. The zero-order valence-electron chi connectivity index (χ0n) is 16.8. The summed E-state index contributed by atoms with van der Waals surface area (Å²) in [6, 6.07) is 14.0. The molecule has 2 aromatic heterocycles. The van der Waals surface area contributed by atoms with Crippen molar-refractivity contribution in [3.8, 4) is 28.5 Å². The van der Waals surface area contributed by atoms with Crippen LogP contribution in [0.3, 0.4) is 0 Å². The first-order valence-electron chi connectivity index (χ1n) is 9.27. The Morgan fingerprint density at radius 3 is 2.37 bits per heavy atom. The van der Waals surface area contributed by atoms with Gasteiger partial charge < -0.3 is 19.5 Å². The van der Waals surface area contributed by atoms with Crippen LogP contribution in [0.15, 0.2) is 54.7 Å². The lowest BCUT2D eigenvalue weighted by molar-refractivity contribution is 0.324. The molecule has 8 heteroatoms. The number of aromatic nitrogens is 3. The largest absolute Gasteiger partial charge is 0.493 e. The highest BCUT2D eigenvalue weighted by molar-refractivity contribution is 5.64. The predicted molar refractivity (Wildman–Crippen MR) is 112 cm³/mol. The fraction of sp³-hybridized carbons (Fsp3) is 0.182. The number of nitrogens with one attached hydrogen (secondary N) is 1. The highest BCUT2D eigenvalue weighted by Crippen LogP contribution is 2.38. The Morgan fingerprint density at radius 1 is 0.967 bits per heavy atom. The molecule has 2 aromatic carbocycles. The maximum atomic E-state index is 14.2. The predicted octanol–water partition coefficient (Wildman–Crippen LogP) is 4.17. The van der Waals surface area contributed by atoms with E-state index in [-0.39, 0.29) is 5.82 Å². The second-order valence-corrected chi connectivity index (χ2v) is 6.50. The molecule has 0 saturated carbocycles. The number of ether oxygens (including phenoxy) is 3. The van der Waals surface area contributed by atoms with Gasteiger partial charge in [0.15, 0.2) is 17.1 Å². The molecule has 0 aliphatic carbocycles. The van der Waals surface area contributed by atoms with E-state index < -0.39 is 0 Å². The Morgan fingerprint density at radius 2 is 1.70 bits per heavy atom. The van der Waals surface area contributed by atoms with E-state index in [1.165, 1.54) is 6.07 Å². The molecular weight excluding hydrogens is 387 g/mol. The summed E-state index contributed by atoms with van der Waals surface area (Å²) in [7, 11) is 4.72. The molecule has 0 aliphatic heterocycles. The third-order valence-electron chi connectivity index (χ3n) is 4.71. The summed E-state index contributed by atoms with van der Waals surface area (Å²) in [6.45, 7) is 0.471. The van der Waals surface area contributed by atoms with Crippen molar-refractivity contribution in [1.82, 2.24) is 14.6 Å². The molecule has 154 valence electrons. The molecule has 0 bridgehead atoms. The van der Waals surface area contributed by atoms with Crippen LogP contribution in [0.5, 0.6) is 17.2 Å². The molecule has 2 heterocycles. The number of hydrogen-bond donors (Lipinski definition) is 1. The molecule has 4 aromatic rings. The summed E-state index contributed by atoms with van der Waals surface area (Å²) in [5, 5.41) is 7.85. The number of rotatable bonds is 7. The average molecular weight is 408 g/mol. The molecule has 0 radical (unpaired) electrons. The minimum atomic E-state index is -0.322. The van der Waals surface area contributed by atoms with Gasteiger partial charge >= 0.3 is 0 Å². The zero-order chi connectivity index (χ0) is 21.1. The van der Waals surface area contributed by atoms with Gasteiger partial charge in [0.25, 0.3) is 0 Å². The summed E-state index contributed by atoms with van der Waals surface area (Å²) < 4.78 is 32.0. The number of hydrogen-bond acceptors (Lipinski definition) is 6. The number of imidazole rings is 1. The van der Waals surface area contributed by atoms with Crippen LogP contribution in [0.1, 0.15) is 5.56 Å². The molecular formula is C22H21FN4O3. The van der Waals surface area contributed by atoms with Gasteiger partial charge in [0, 0.05) is 12.1 Å². The average Bonchev–Trinajstić information content (AvgIpc) is 3.20. The lowest BCUT2D eigenvalue weighted by Gasteiger charge is -2.14. The fourth-order valence-corrected chi connectivity index (χ4v) is 3.25. The Hall–Kier alpha value is -3.81. The van der Waals surface area contributed by atoms with E-state index in [1.807, 2.05) is 24.3 Å². The normalized spacial score (nSPS) is 10.8. The van der Waals surface area contributed by atoms with E-state index in [0.29, 0.717) is 46.5 Å². The molecule has 30 heavy (non-hydrogen) atoms. The van der Waals surface area contributed by atoms with E-state index >= 15 is 0 Å². The Balaban J connectivity index is 1.62. The Kier molecular flexibility index (Phi) is 5.38. The summed E-state index contributed by atoms with van der Waals surface area (Å²) in [6.07, 6.45) is 1.61. The highest BCUT2D eigenvalue weighted by atomic mass is 19.1. The van der Waals surface area contributed by atoms with Gasteiger partial charge in [-0.05, 0) is 42.0 Å². The first-order chi connectivity index (χ1) is 14.6. The Bertz CT molecular complexity index is 1170. The van der Waals surface area contributed by atoms with Crippen molar-refractivity contribution < 1.29 is 18.6 Å². The minimum Gasteiger partial charge on any atom is -0.493 e. The van der Waals surface area contributed by atoms with Crippen molar-refractivity contribution in [3.05, 3.63) is 66.1 Å². The molecule has 0 fully saturated rings. The quantitative estimate of drug-likeness (QED) is 0.495. The van der Waals surface area contributed by atoms with Gasteiger partial charge in [-0.25, -0.2) is 13.9 Å². The number of anilines is 1. The van der Waals surface area contributed by atoms with Crippen LogP contribution in [0.4, 0.5) is 10.2 Å². The molecule has 7 nitrogen and oxygen atoms in total. The van der Waals surface area contributed by atoms with Crippen LogP contribution < -0.4 is 19.5 Å². The molecule has 0 aliphatic rings. The van der Waals surface area contributed by atoms with E-state index in [4.69, 9.17) is 14.2 Å². The first-order valence-corrected chi connectivity index (χ1v) is 9.27. The van der Waals surface area contributed by atoms with E-state index in [9.17, 15) is 4.39 Å². The van der Waals surface area contributed by atoms with Crippen molar-refractivity contribution in [2.45, 2.75) is 6.54 Å². The summed E-state index contributed by atoms with van der Waals surface area (Å²) in [5.41, 5.74) is 2.58. The maximum absolute atomic E-state index is 14.2. The number of fused-ring (bicyclic) bond motifs is 1. The van der Waals surface area contributed by atoms with Gasteiger partial charge in [-0.2, -0.15) is 0 Å². The number of nitrogens with zero attached hydrogens (tertiary/aromatic N) is 3. The third-order valence-corrected chi connectivity index (χ3v) is 4.71. The smallest absolute Gasteiger partial charge is 0.203 e. The number of benzene rings is 2. The SMILES string of the molecule is COc1cc(CNc2ccc3ncc(-c4ccccc4F)n3n2)cc(OC)c1OC. The number of methoxy groups -OCH3 is 3. The van der Waals surface area contributed by atoms with Crippen molar-refractivity contribution in [3.63, 3.8) is 0 Å². The molecule has 0 amide bonds. The van der Waals surface area contributed by atoms with Crippen LogP contribution in [-0.4, -0.2) is 35.9 Å². The van der Waals surface area contributed by atoms with Crippen LogP contribution in [0.2, 0.25) is 0 Å². The molecule has 4 rings (SSSR count). The van der Waals surface area contributed by atoms with Gasteiger partial charge in [-0.1, -0.05) is 12.1 Å². The van der Waals surface area contributed by atoms with Crippen molar-refractivity contribution in [2.75, 3.05) is 26.6 Å². The minimum absolute atomic E-state index is 0.322. The van der Waals surface area contributed by atoms with Gasteiger partial charge in [-0.15, -0.1) is 5.10 Å². The zero-order valence-corrected chi connectivity index (χ0v) is 16.8. The molecule has 0 spiro atoms. The van der Waals surface area contributed by atoms with Gasteiger partial charge in [0.1, 0.15) is 11.6 Å². The third kappa shape index (κ3) is 3.59. The van der Waals surface area contributed by atoms with Crippen molar-refractivity contribution >= 4 is 11.5 Å². The molecule has 1 N–H and O–H groups in total. The molecule has 0 saturated heterocycles.